The highest BCUT2D eigenvalue weighted by molar-refractivity contribution is 5.48. The standard InChI is InChI=1S/C18H23NO3/c1-4-21-18-7-5-6-15(12-18)19-13-14(2)22-17-10-8-16(20-3)9-11-17/h5-12,14,19H,4,13H2,1-3H3/t14-/m0/s1. The molecule has 2 aromatic rings. The third-order valence-electron chi connectivity index (χ3n) is 3.14. The molecule has 0 aromatic heterocycles. The molecule has 0 fully saturated rings. The number of hydrogen-bond acceptors (Lipinski definition) is 4. The summed E-state index contributed by atoms with van der Waals surface area (Å²) < 4.78 is 16.5. The summed E-state index contributed by atoms with van der Waals surface area (Å²) in [4.78, 5) is 0. The Morgan fingerprint density at radius 3 is 2.41 bits per heavy atom. The van der Waals surface area contributed by atoms with Gasteiger partial charge < -0.3 is 19.5 Å². The summed E-state index contributed by atoms with van der Waals surface area (Å²) in [5.74, 6) is 2.53. The summed E-state index contributed by atoms with van der Waals surface area (Å²) in [6, 6.07) is 15.5. The van der Waals surface area contributed by atoms with E-state index in [2.05, 4.69) is 5.32 Å². The van der Waals surface area contributed by atoms with Crippen LogP contribution in [0.1, 0.15) is 13.8 Å². The molecule has 1 N–H and O–H groups in total. The number of ether oxygens (including phenoxy) is 3. The second-order valence-electron chi connectivity index (χ2n) is 4.95. The lowest BCUT2D eigenvalue weighted by molar-refractivity contribution is 0.234. The Morgan fingerprint density at radius 2 is 1.73 bits per heavy atom. The van der Waals surface area contributed by atoms with Crippen molar-refractivity contribution < 1.29 is 14.2 Å². The Morgan fingerprint density at radius 1 is 1.00 bits per heavy atom. The van der Waals surface area contributed by atoms with E-state index < -0.39 is 0 Å². The Labute approximate surface area is 132 Å². The number of anilines is 1. The maximum atomic E-state index is 5.86. The lowest BCUT2D eigenvalue weighted by Gasteiger charge is -2.16. The molecule has 0 unspecified atom stereocenters. The van der Waals surface area contributed by atoms with Crippen molar-refractivity contribution in [2.45, 2.75) is 20.0 Å². The maximum Gasteiger partial charge on any atom is 0.121 e. The molecular weight excluding hydrogens is 278 g/mol. The lowest BCUT2D eigenvalue weighted by atomic mass is 10.3. The smallest absolute Gasteiger partial charge is 0.121 e. The summed E-state index contributed by atoms with van der Waals surface area (Å²) in [6.07, 6.45) is 0.0455. The molecule has 0 spiro atoms. The largest absolute Gasteiger partial charge is 0.497 e. The van der Waals surface area contributed by atoms with E-state index in [4.69, 9.17) is 14.2 Å². The Hall–Kier alpha value is -2.36. The molecule has 4 nitrogen and oxygen atoms in total. The molecule has 0 aliphatic rings. The zero-order chi connectivity index (χ0) is 15.8. The van der Waals surface area contributed by atoms with Gasteiger partial charge in [0.2, 0.25) is 0 Å². The Bertz CT molecular complexity index is 569. The van der Waals surface area contributed by atoms with Gasteiger partial charge >= 0.3 is 0 Å². The van der Waals surface area contributed by atoms with E-state index in [9.17, 15) is 0 Å². The zero-order valence-corrected chi connectivity index (χ0v) is 13.3. The predicted molar refractivity (Wildman–Crippen MR) is 89.2 cm³/mol. The molecule has 118 valence electrons. The quantitative estimate of drug-likeness (QED) is 0.801. The summed E-state index contributed by atoms with van der Waals surface area (Å²) in [5, 5.41) is 3.36. The summed E-state index contributed by atoms with van der Waals surface area (Å²) in [7, 11) is 1.65. The SMILES string of the molecule is CCOc1cccc(NC[C@H](C)Oc2ccc(OC)cc2)c1. The first kappa shape index (κ1) is 16.0. The molecule has 0 aliphatic carbocycles. The van der Waals surface area contributed by atoms with E-state index in [1.54, 1.807) is 7.11 Å². The van der Waals surface area contributed by atoms with E-state index in [0.29, 0.717) is 13.2 Å². The van der Waals surface area contributed by atoms with E-state index in [1.165, 1.54) is 0 Å². The van der Waals surface area contributed by atoms with E-state index in [-0.39, 0.29) is 6.10 Å². The molecule has 22 heavy (non-hydrogen) atoms. The first-order valence-electron chi connectivity index (χ1n) is 7.48. The van der Waals surface area contributed by atoms with Crippen LogP contribution in [0.5, 0.6) is 17.2 Å². The first-order valence-corrected chi connectivity index (χ1v) is 7.48. The molecular formula is C18H23NO3. The summed E-state index contributed by atoms with van der Waals surface area (Å²) in [6.45, 7) is 5.39. The van der Waals surface area contributed by atoms with Crippen LogP contribution in [0, 0.1) is 0 Å². The fourth-order valence-electron chi connectivity index (χ4n) is 2.05. The third-order valence-corrected chi connectivity index (χ3v) is 3.14. The second kappa shape index (κ2) is 8.17. The zero-order valence-electron chi connectivity index (χ0n) is 13.3. The van der Waals surface area contributed by atoms with Crippen molar-refractivity contribution in [2.24, 2.45) is 0 Å². The topological polar surface area (TPSA) is 39.7 Å². The van der Waals surface area contributed by atoms with Crippen molar-refractivity contribution in [1.82, 2.24) is 0 Å². The van der Waals surface area contributed by atoms with Crippen LogP contribution < -0.4 is 19.5 Å². The summed E-state index contributed by atoms with van der Waals surface area (Å²) >= 11 is 0. The Kier molecular flexibility index (Phi) is 5.95. The molecule has 0 saturated carbocycles. The van der Waals surface area contributed by atoms with Crippen molar-refractivity contribution in [3.05, 3.63) is 48.5 Å². The van der Waals surface area contributed by atoms with Crippen LogP contribution in [0.2, 0.25) is 0 Å². The van der Waals surface area contributed by atoms with Gasteiger partial charge in [-0.3, -0.25) is 0 Å². The van der Waals surface area contributed by atoms with Crippen LogP contribution in [-0.2, 0) is 0 Å². The molecule has 0 radical (unpaired) electrons. The number of benzene rings is 2. The molecule has 0 saturated heterocycles. The van der Waals surface area contributed by atoms with Gasteiger partial charge in [0.15, 0.2) is 0 Å². The van der Waals surface area contributed by atoms with Gasteiger partial charge in [0.1, 0.15) is 23.4 Å². The molecule has 4 heteroatoms. The molecule has 0 bridgehead atoms. The number of rotatable bonds is 8. The average molecular weight is 301 g/mol. The predicted octanol–water partition coefficient (Wildman–Crippen LogP) is 3.97. The normalized spacial score (nSPS) is 11.6. The van der Waals surface area contributed by atoms with Gasteiger partial charge in [-0.2, -0.15) is 0 Å². The van der Waals surface area contributed by atoms with Gasteiger partial charge in [-0.05, 0) is 50.2 Å². The van der Waals surface area contributed by atoms with Crippen molar-refractivity contribution in [2.75, 3.05) is 25.6 Å². The van der Waals surface area contributed by atoms with Crippen molar-refractivity contribution >= 4 is 5.69 Å². The minimum Gasteiger partial charge on any atom is -0.497 e. The lowest BCUT2D eigenvalue weighted by Crippen LogP contribution is -2.22. The minimum absolute atomic E-state index is 0.0455. The van der Waals surface area contributed by atoms with Crippen LogP contribution in [-0.4, -0.2) is 26.4 Å². The molecule has 0 aliphatic heterocycles. The first-order chi connectivity index (χ1) is 10.7. The van der Waals surface area contributed by atoms with Crippen LogP contribution in [0.15, 0.2) is 48.5 Å². The highest BCUT2D eigenvalue weighted by Crippen LogP contribution is 2.19. The van der Waals surface area contributed by atoms with Gasteiger partial charge in [-0.15, -0.1) is 0 Å². The molecule has 0 heterocycles. The molecule has 0 amide bonds. The van der Waals surface area contributed by atoms with Gasteiger partial charge in [0.25, 0.3) is 0 Å². The van der Waals surface area contributed by atoms with Gasteiger partial charge in [-0.1, -0.05) is 6.07 Å². The molecule has 2 aromatic carbocycles. The van der Waals surface area contributed by atoms with Crippen molar-refractivity contribution in [3.8, 4) is 17.2 Å². The number of methoxy groups -OCH3 is 1. The molecule has 1 atom stereocenters. The van der Waals surface area contributed by atoms with E-state index in [1.807, 2.05) is 62.4 Å². The van der Waals surface area contributed by atoms with E-state index >= 15 is 0 Å². The Balaban J connectivity index is 1.83. The van der Waals surface area contributed by atoms with Crippen LogP contribution in [0.3, 0.4) is 0 Å². The van der Waals surface area contributed by atoms with Gasteiger partial charge in [-0.25, -0.2) is 0 Å². The maximum absolute atomic E-state index is 5.86. The van der Waals surface area contributed by atoms with Crippen molar-refractivity contribution in [3.63, 3.8) is 0 Å². The van der Waals surface area contributed by atoms with Crippen LogP contribution >= 0.6 is 0 Å². The fraction of sp³-hybridized carbons (Fsp3) is 0.333. The monoisotopic (exact) mass is 301 g/mol. The number of hydrogen-bond donors (Lipinski definition) is 1. The molecule has 2 rings (SSSR count). The summed E-state index contributed by atoms with van der Waals surface area (Å²) in [5.41, 5.74) is 1.02. The minimum atomic E-state index is 0.0455. The highest BCUT2D eigenvalue weighted by atomic mass is 16.5. The van der Waals surface area contributed by atoms with Crippen molar-refractivity contribution in [1.29, 1.82) is 0 Å². The second-order valence-corrected chi connectivity index (χ2v) is 4.95. The van der Waals surface area contributed by atoms with Crippen LogP contribution in [0.25, 0.3) is 0 Å². The fourth-order valence-corrected chi connectivity index (χ4v) is 2.05. The van der Waals surface area contributed by atoms with Crippen LogP contribution in [0.4, 0.5) is 5.69 Å². The third kappa shape index (κ3) is 4.88. The highest BCUT2D eigenvalue weighted by Gasteiger charge is 2.05. The van der Waals surface area contributed by atoms with Gasteiger partial charge in [0, 0.05) is 11.8 Å². The van der Waals surface area contributed by atoms with E-state index in [0.717, 1.165) is 22.9 Å². The van der Waals surface area contributed by atoms with Gasteiger partial charge in [0.05, 0.1) is 20.3 Å². The number of nitrogens with one attached hydrogen (secondary N) is 1. The average Bonchev–Trinajstić information content (AvgIpc) is 2.54.